The third-order valence-corrected chi connectivity index (χ3v) is 5.57. The Morgan fingerprint density at radius 2 is 2.30 bits per heavy atom. The minimum Gasteiger partial charge on any atom is -0.444 e. The zero-order valence-corrected chi connectivity index (χ0v) is 16.8. The van der Waals surface area contributed by atoms with Gasteiger partial charge in [0.2, 0.25) is 0 Å². The molecule has 0 aliphatic carbocycles. The molecular formula is C17H27BrN2O2S. The fourth-order valence-electron chi connectivity index (χ4n) is 2.85. The Morgan fingerprint density at radius 1 is 1.57 bits per heavy atom. The van der Waals surface area contributed by atoms with Gasteiger partial charge in [-0.25, -0.2) is 4.79 Å². The summed E-state index contributed by atoms with van der Waals surface area (Å²) in [4.78, 5) is 15.5. The first-order valence-corrected chi connectivity index (χ1v) is 9.88. The lowest BCUT2D eigenvalue weighted by Gasteiger charge is -2.30. The van der Waals surface area contributed by atoms with E-state index in [9.17, 15) is 4.79 Å². The van der Waals surface area contributed by atoms with Crippen molar-refractivity contribution in [2.75, 3.05) is 6.54 Å². The minimum absolute atomic E-state index is 0.172. The summed E-state index contributed by atoms with van der Waals surface area (Å²) < 4.78 is 6.67. The molecule has 0 aromatic carbocycles. The van der Waals surface area contributed by atoms with Gasteiger partial charge < -0.3 is 15.0 Å². The van der Waals surface area contributed by atoms with E-state index >= 15 is 0 Å². The van der Waals surface area contributed by atoms with E-state index in [1.165, 1.54) is 4.88 Å². The number of nitrogens with zero attached hydrogens (tertiary/aromatic N) is 1. The Balaban J connectivity index is 1.81. The maximum atomic E-state index is 12.3. The van der Waals surface area contributed by atoms with Crippen LogP contribution in [0.3, 0.4) is 0 Å². The number of ether oxygens (including phenoxy) is 1. The first-order valence-electron chi connectivity index (χ1n) is 8.20. The van der Waals surface area contributed by atoms with Crippen molar-refractivity contribution < 1.29 is 9.53 Å². The van der Waals surface area contributed by atoms with Gasteiger partial charge in [-0.2, -0.15) is 0 Å². The lowest BCUT2D eigenvalue weighted by atomic mass is 10.1. The zero-order chi connectivity index (χ0) is 17.0. The number of hydrogen-bond donors (Lipinski definition) is 1. The third-order valence-electron chi connectivity index (χ3n) is 3.88. The van der Waals surface area contributed by atoms with Crippen LogP contribution in [-0.2, 0) is 11.3 Å². The van der Waals surface area contributed by atoms with Crippen LogP contribution in [0.2, 0.25) is 0 Å². The van der Waals surface area contributed by atoms with Gasteiger partial charge in [-0.3, -0.25) is 0 Å². The van der Waals surface area contributed by atoms with Crippen molar-refractivity contribution in [1.82, 2.24) is 10.2 Å². The highest BCUT2D eigenvalue weighted by atomic mass is 79.9. The maximum Gasteiger partial charge on any atom is 0.410 e. The van der Waals surface area contributed by atoms with Crippen molar-refractivity contribution in [2.45, 2.75) is 71.2 Å². The molecule has 1 aliphatic heterocycles. The fraction of sp³-hybridized carbons (Fsp3) is 0.706. The van der Waals surface area contributed by atoms with E-state index < -0.39 is 5.60 Å². The molecule has 1 aliphatic rings. The van der Waals surface area contributed by atoms with Gasteiger partial charge in [0.05, 0.1) is 0 Å². The molecule has 2 heterocycles. The second-order valence-electron chi connectivity index (χ2n) is 7.22. The molecule has 0 bridgehead atoms. The highest BCUT2D eigenvalue weighted by molar-refractivity contribution is 9.10. The third kappa shape index (κ3) is 6.08. The zero-order valence-electron chi connectivity index (χ0n) is 14.4. The summed E-state index contributed by atoms with van der Waals surface area (Å²) in [7, 11) is 0. The normalized spacial score (nSPS) is 19.9. The largest absolute Gasteiger partial charge is 0.444 e. The van der Waals surface area contributed by atoms with Crippen LogP contribution in [-0.4, -0.2) is 35.2 Å². The molecule has 0 saturated carbocycles. The number of rotatable bonds is 5. The number of halogens is 1. The van der Waals surface area contributed by atoms with Gasteiger partial charge in [0.25, 0.3) is 0 Å². The number of nitrogens with one attached hydrogen (secondary N) is 1. The Bertz CT molecular complexity index is 527. The smallest absolute Gasteiger partial charge is 0.410 e. The molecule has 2 unspecified atom stereocenters. The molecule has 6 heteroatoms. The molecule has 1 amide bonds. The standard InChI is InChI=1S/C17H27BrN2O2S/c1-12(19-10-15-9-13(18)11-23-15)8-14-6-5-7-20(14)16(21)22-17(2,3)4/h9,11-12,14,19H,5-8,10H2,1-4H3. The van der Waals surface area contributed by atoms with E-state index in [0.717, 1.165) is 36.8 Å². The number of carbonyl (C=O) groups excluding carboxylic acids is 1. The summed E-state index contributed by atoms with van der Waals surface area (Å²) in [5.74, 6) is 0. The quantitative estimate of drug-likeness (QED) is 0.770. The monoisotopic (exact) mass is 402 g/mol. The summed E-state index contributed by atoms with van der Waals surface area (Å²) in [5.41, 5.74) is -0.430. The molecule has 2 rings (SSSR count). The Hall–Kier alpha value is -0.590. The highest BCUT2D eigenvalue weighted by Gasteiger charge is 2.32. The van der Waals surface area contributed by atoms with E-state index in [4.69, 9.17) is 4.74 Å². The Kier molecular flexibility index (Phi) is 6.51. The molecule has 130 valence electrons. The van der Waals surface area contributed by atoms with Gasteiger partial charge in [0.15, 0.2) is 0 Å². The van der Waals surface area contributed by atoms with Gasteiger partial charge in [-0.15, -0.1) is 11.3 Å². The predicted octanol–water partition coefficient (Wildman–Crippen LogP) is 4.78. The van der Waals surface area contributed by atoms with Crippen LogP contribution < -0.4 is 5.32 Å². The van der Waals surface area contributed by atoms with E-state index in [0.29, 0.717) is 6.04 Å². The van der Waals surface area contributed by atoms with E-state index in [2.05, 4.69) is 39.6 Å². The first-order chi connectivity index (χ1) is 10.7. The number of likely N-dealkylation sites (tertiary alicyclic amines) is 1. The van der Waals surface area contributed by atoms with E-state index in [1.807, 2.05) is 25.7 Å². The summed E-state index contributed by atoms with van der Waals surface area (Å²) in [6, 6.07) is 2.79. The topological polar surface area (TPSA) is 41.6 Å². The molecule has 23 heavy (non-hydrogen) atoms. The van der Waals surface area contributed by atoms with Crippen molar-refractivity contribution in [2.24, 2.45) is 0 Å². The van der Waals surface area contributed by atoms with Gasteiger partial charge in [-0.05, 0) is 69.0 Å². The summed E-state index contributed by atoms with van der Waals surface area (Å²) in [6.07, 6.45) is 2.92. The lowest BCUT2D eigenvalue weighted by Crippen LogP contribution is -2.42. The molecule has 1 saturated heterocycles. The van der Waals surface area contributed by atoms with Crippen LogP contribution in [0.25, 0.3) is 0 Å². The summed E-state index contributed by atoms with van der Waals surface area (Å²) >= 11 is 5.23. The van der Waals surface area contributed by atoms with Crippen molar-refractivity contribution in [3.63, 3.8) is 0 Å². The number of amides is 1. The molecule has 0 radical (unpaired) electrons. The molecule has 1 aromatic rings. The van der Waals surface area contributed by atoms with Crippen LogP contribution in [0, 0.1) is 0 Å². The van der Waals surface area contributed by atoms with Crippen molar-refractivity contribution in [1.29, 1.82) is 0 Å². The minimum atomic E-state index is -0.430. The number of carbonyl (C=O) groups is 1. The molecule has 0 spiro atoms. The molecule has 1 fully saturated rings. The second-order valence-corrected chi connectivity index (χ2v) is 9.13. The van der Waals surface area contributed by atoms with Crippen LogP contribution in [0.4, 0.5) is 4.79 Å². The maximum absolute atomic E-state index is 12.3. The van der Waals surface area contributed by atoms with Gasteiger partial charge in [0.1, 0.15) is 5.60 Å². The van der Waals surface area contributed by atoms with Gasteiger partial charge >= 0.3 is 6.09 Å². The molecular weight excluding hydrogens is 376 g/mol. The molecule has 1 aromatic heterocycles. The van der Waals surface area contributed by atoms with Crippen molar-refractivity contribution in [3.05, 3.63) is 20.8 Å². The lowest BCUT2D eigenvalue weighted by molar-refractivity contribution is 0.0214. The van der Waals surface area contributed by atoms with Crippen molar-refractivity contribution >= 4 is 33.4 Å². The predicted molar refractivity (Wildman–Crippen MR) is 98.9 cm³/mol. The fourth-order valence-corrected chi connectivity index (χ4v) is 4.26. The second kappa shape index (κ2) is 7.99. The van der Waals surface area contributed by atoms with E-state index in [1.54, 1.807) is 11.3 Å². The van der Waals surface area contributed by atoms with Gasteiger partial charge in [-0.1, -0.05) is 0 Å². The highest BCUT2D eigenvalue weighted by Crippen LogP contribution is 2.24. The number of hydrogen-bond acceptors (Lipinski definition) is 4. The first kappa shape index (κ1) is 18.7. The van der Waals surface area contributed by atoms with Crippen LogP contribution in [0.5, 0.6) is 0 Å². The number of thiophene rings is 1. The Morgan fingerprint density at radius 3 is 2.91 bits per heavy atom. The van der Waals surface area contributed by atoms with Crippen LogP contribution in [0.15, 0.2) is 15.9 Å². The Labute approximate surface area is 151 Å². The summed E-state index contributed by atoms with van der Waals surface area (Å²) in [6.45, 7) is 9.62. The summed E-state index contributed by atoms with van der Waals surface area (Å²) in [5, 5.41) is 5.66. The molecule has 1 N–H and O–H groups in total. The SMILES string of the molecule is CC(CC1CCCN1C(=O)OC(C)(C)C)NCc1cc(Br)cs1. The van der Waals surface area contributed by atoms with Crippen LogP contribution in [0.1, 0.15) is 51.8 Å². The molecule has 4 nitrogen and oxygen atoms in total. The average Bonchev–Trinajstić information content (AvgIpc) is 3.03. The van der Waals surface area contributed by atoms with Crippen molar-refractivity contribution in [3.8, 4) is 0 Å². The van der Waals surface area contributed by atoms with E-state index in [-0.39, 0.29) is 12.1 Å². The average molecular weight is 403 g/mol. The van der Waals surface area contributed by atoms with Gasteiger partial charge in [0, 0.05) is 39.9 Å². The molecule has 2 atom stereocenters. The van der Waals surface area contributed by atoms with Crippen LogP contribution >= 0.6 is 27.3 Å².